The lowest BCUT2D eigenvalue weighted by Gasteiger charge is -2.08. The maximum Gasteiger partial charge on any atom is 0.337 e. The molecular weight excluding hydrogens is 498 g/mol. The molecule has 0 aliphatic rings. The molecule has 5 aromatic rings. The van der Waals surface area contributed by atoms with E-state index < -0.39 is 0 Å². The van der Waals surface area contributed by atoms with Gasteiger partial charge in [-0.05, 0) is 71.1 Å². The summed E-state index contributed by atoms with van der Waals surface area (Å²) in [4.78, 5) is 30.3. The molecule has 7 nitrogen and oxygen atoms in total. The number of carbonyl (C=O) groups excluding carboxylic acids is 2. The van der Waals surface area contributed by atoms with Gasteiger partial charge in [0.2, 0.25) is 0 Å². The van der Waals surface area contributed by atoms with E-state index in [0.29, 0.717) is 23.5 Å². The van der Waals surface area contributed by atoms with Gasteiger partial charge in [-0.2, -0.15) is 5.10 Å². The zero-order valence-electron chi connectivity index (χ0n) is 20.5. The standard InChI is InChI=1S/C30H23N3O4S/c1-36-30(35)22-12-8-21(9-13-22)19-37-23-14-10-20(11-15-23)18-31-33-29(34)25-17-27(28-7-4-16-38-28)32-26-6-3-2-5-24(25)26/h2-18H,19H2,1H3,(H,33,34)/b31-18+. The first-order chi connectivity index (χ1) is 18.6. The van der Waals surface area contributed by atoms with E-state index in [1.54, 1.807) is 35.8 Å². The number of amides is 1. The normalized spacial score (nSPS) is 11.0. The summed E-state index contributed by atoms with van der Waals surface area (Å²) in [6.07, 6.45) is 1.58. The van der Waals surface area contributed by atoms with Crippen molar-refractivity contribution in [3.8, 4) is 16.3 Å². The lowest BCUT2D eigenvalue weighted by molar-refractivity contribution is 0.0600. The van der Waals surface area contributed by atoms with Crippen LogP contribution in [0.5, 0.6) is 5.75 Å². The van der Waals surface area contributed by atoms with E-state index in [0.717, 1.165) is 32.6 Å². The molecule has 3 aromatic carbocycles. The minimum absolute atomic E-state index is 0.309. The Bertz CT molecular complexity index is 1600. The Balaban J connectivity index is 1.21. The number of para-hydroxylation sites is 1. The third-order valence-corrected chi connectivity index (χ3v) is 6.67. The van der Waals surface area contributed by atoms with Gasteiger partial charge in [0.15, 0.2) is 0 Å². The minimum Gasteiger partial charge on any atom is -0.489 e. The van der Waals surface area contributed by atoms with Gasteiger partial charge in [-0.25, -0.2) is 15.2 Å². The first-order valence-corrected chi connectivity index (χ1v) is 12.7. The van der Waals surface area contributed by atoms with Crippen LogP contribution in [-0.2, 0) is 11.3 Å². The number of pyridine rings is 1. The third-order valence-electron chi connectivity index (χ3n) is 5.77. The van der Waals surface area contributed by atoms with Gasteiger partial charge in [-0.1, -0.05) is 36.4 Å². The van der Waals surface area contributed by atoms with Crippen molar-refractivity contribution in [3.63, 3.8) is 0 Å². The zero-order chi connectivity index (χ0) is 26.3. The second-order valence-corrected chi connectivity index (χ2v) is 9.24. The number of hydrogen-bond acceptors (Lipinski definition) is 7. The van der Waals surface area contributed by atoms with E-state index in [2.05, 4.69) is 10.5 Å². The van der Waals surface area contributed by atoms with Crippen LogP contribution in [0, 0.1) is 0 Å². The van der Waals surface area contributed by atoms with Gasteiger partial charge in [-0.3, -0.25) is 4.79 Å². The Labute approximate surface area is 223 Å². The van der Waals surface area contributed by atoms with Crippen LogP contribution in [-0.4, -0.2) is 30.2 Å². The van der Waals surface area contributed by atoms with Crippen LogP contribution >= 0.6 is 11.3 Å². The summed E-state index contributed by atoms with van der Waals surface area (Å²) < 4.78 is 10.5. The van der Waals surface area contributed by atoms with Gasteiger partial charge in [-0.15, -0.1) is 11.3 Å². The summed E-state index contributed by atoms with van der Waals surface area (Å²) in [5.74, 6) is 0.00610. The minimum atomic E-state index is -0.372. The highest BCUT2D eigenvalue weighted by Crippen LogP contribution is 2.27. The lowest BCUT2D eigenvalue weighted by Crippen LogP contribution is -2.18. The maximum absolute atomic E-state index is 13.0. The Morgan fingerprint density at radius 2 is 1.76 bits per heavy atom. The number of nitrogens with zero attached hydrogens (tertiary/aromatic N) is 2. The third kappa shape index (κ3) is 5.77. The molecule has 188 valence electrons. The summed E-state index contributed by atoms with van der Waals surface area (Å²) in [5, 5.41) is 6.90. The number of esters is 1. The van der Waals surface area contributed by atoms with Crippen molar-refractivity contribution in [1.29, 1.82) is 0 Å². The number of nitrogens with one attached hydrogen (secondary N) is 1. The highest BCUT2D eigenvalue weighted by atomic mass is 32.1. The van der Waals surface area contributed by atoms with Gasteiger partial charge in [0.1, 0.15) is 12.4 Å². The molecule has 0 unspecified atom stereocenters. The molecule has 0 spiro atoms. The molecule has 5 rings (SSSR count). The number of thiophene rings is 1. The lowest BCUT2D eigenvalue weighted by atomic mass is 10.1. The second kappa shape index (κ2) is 11.5. The van der Waals surface area contributed by atoms with Gasteiger partial charge < -0.3 is 9.47 Å². The van der Waals surface area contributed by atoms with E-state index >= 15 is 0 Å². The molecule has 0 saturated heterocycles. The Morgan fingerprint density at radius 1 is 0.974 bits per heavy atom. The molecule has 1 N–H and O–H groups in total. The number of hydrogen-bond donors (Lipinski definition) is 1. The predicted octanol–water partition coefficient (Wildman–Crippen LogP) is 6.09. The van der Waals surface area contributed by atoms with E-state index in [-0.39, 0.29) is 11.9 Å². The summed E-state index contributed by atoms with van der Waals surface area (Å²) in [7, 11) is 1.35. The van der Waals surface area contributed by atoms with Crippen molar-refractivity contribution in [2.45, 2.75) is 6.61 Å². The first kappa shape index (κ1) is 24.9. The molecule has 1 amide bonds. The smallest absolute Gasteiger partial charge is 0.337 e. The van der Waals surface area contributed by atoms with Crippen LogP contribution in [0.25, 0.3) is 21.5 Å². The molecular formula is C30H23N3O4S. The quantitative estimate of drug-likeness (QED) is 0.152. The van der Waals surface area contributed by atoms with Gasteiger partial charge in [0.25, 0.3) is 5.91 Å². The number of fused-ring (bicyclic) bond motifs is 1. The van der Waals surface area contributed by atoms with Crippen molar-refractivity contribution in [1.82, 2.24) is 10.4 Å². The fourth-order valence-electron chi connectivity index (χ4n) is 3.81. The molecule has 0 radical (unpaired) electrons. The van der Waals surface area contributed by atoms with Crippen LogP contribution in [0.2, 0.25) is 0 Å². The van der Waals surface area contributed by atoms with E-state index in [1.165, 1.54) is 7.11 Å². The van der Waals surface area contributed by atoms with Crippen LogP contribution < -0.4 is 10.2 Å². The van der Waals surface area contributed by atoms with Crippen LogP contribution in [0.15, 0.2) is 101 Å². The monoisotopic (exact) mass is 521 g/mol. The Hall–Kier alpha value is -4.82. The van der Waals surface area contributed by atoms with E-state index in [4.69, 9.17) is 14.5 Å². The molecule has 8 heteroatoms. The maximum atomic E-state index is 13.0. The number of methoxy groups -OCH3 is 1. The molecule has 38 heavy (non-hydrogen) atoms. The summed E-state index contributed by atoms with van der Waals surface area (Å²) >= 11 is 1.57. The average Bonchev–Trinajstić information content (AvgIpc) is 3.51. The molecule has 0 fully saturated rings. The molecule has 0 aliphatic heterocycles. The van der Waals surface area contributed by atoms with Crippen LogP contribution in [0.1, 0.15) is 31.8 Å². The SMILES string of the molecule is COC(=O)c1ccc(COc2ccc(/C=N/NC(=O)c3cc(-c4cccs4)nc4ccccc34)cc2)cc1. The van der Waals surface area contributed by atoms with E-state index in [1.807, 2.05) is 78.2 Å². The average molecular weight is 522 g/mol. The highest BCUT2D eigenvalue weighted by Gasteiger charge is 2.14. The van der Waals surface area contributed by atoms with Crippen molar-refractivity contribution in [3.05, 3.63) is 119 Å². The topological polar surface area (TPSA) is 89.9 Å². The number of hydrazone groups is 1. The second-order valence-electron chi connectivity index (χ2n) is 8.29. The molecule has 0 atom stereocenters. The Kier molecular flexibility index (Phi) is 7.52. The number of rotatable bonds is 8. The van der Waals surface area contributed by atoms with Crippen LogP contribution in [0.4, 0.5) is 0 Å². The fourth-order valence-corrected chi connectivity index (χ4v) is 4.50. The summed E-state index contributed by atoms with van der Waals surface area (Å²) in [5.41, 5.74) is 6.88. The van der Waals surface area contributed by atoms with Crippen molar-refractivity contribution < 1.29 is 19.1 Å². The largest absolute Gasteiger partial charge is 0.489 e. The molecule has 2 heterocycles. The first-order valence-electron chi connectivity index (χ1n) is 11.8. The molecule has 0 aliphatic carbocycles. The number of aromatic nitrogens is 1. The van der Waals surface area contributed by atoms with Gasteiger partial charge >= 0.3 is 5.97 Å². The molecule has 2 aromatic heterocycles. The van der Waals surface area contributed by atoms with Crippen molar-refractivity contribution in [2.75, 3.05) is 7.11 Å². The van der Waals surface area contributed by atoms with E-state index in [9.17, 15) is 9.59 Å². The van der Waals surface area contributed by atoms with Crippen molar-refractivity contribution in [2.24, 2.45) is 5.10 Å². The zero-order valence-corrected chi connectivity index (χ0v) is 21.3. The van der Waals surface area contributed by atoms with Crippen LogP contribution in [0.3, 0.4) is 0 Å². The van der Waals surface area contributed by atoms with Gasteiger partial charge in [0, 0.05) is 5.39 Å². The predicted molar refractivity (Wildman–Crippen MR) is 149 cm³/mol. The highest BCUT2D eigenvalue weighted by molar-refractivity contribution is 7.13. The molecule has 0 bridgehead atoms. The fraction of sp³-hybridized carbons (Fsp3) is 0.0667. The number of ether oxygens (including phenoxy) is 2. The molecule has 0 saturated carbocycles. The Morgan fingerprint density at radius 3 is 2.50 bits per heavy atom. The number of carbonyl (C=O) groups is 2. The summed E-state index contributed by atoms with van der Waals surface area (Å²) in [6.45, 7) is 0.359. The van der Waals surface area contributed by atoms with Crippen molar-refractivity contribution >= 4 is 40.3 Å². The summed E-state index contributed by atoms with van der Waals surface area (Å²) in [6, 6.07) is 27.7. The number of benzene rings is 3. The van der Waals surface area contributed by atoms with Gasteiger partial charge in [0.05, 0.1) is 40.5 Å².